The van der Waals surface area contributed by atoms with Crippen molar-refractivity contribution in [2.24, 2.45) is 0 Å². The molecule has 1 N–H and O–H groups in total. The van der Waals surface area contributed by atoms with E-state index < -0.39 is 5.82 Å². The Labute approximate surface area is 160 Å². The van der Waals surface area contributed by atoms with Crippen molar-refractivity contribution in [3.05, 3.63) is 58.3 Å². The number of nitrogens with one attached hydrogen (secondary N) is 1. The summed E-state index contributed by atoms with van der Waals surface area (Å²) in [6, 6.07) is 10.7. The molecule has 2 aromatic carbocycles. The molecule has 138 valence electrons. The van der Waals surface area contributed by atoms with Crippen LogP contribution in [-0.2, 0) is 4.79 Å². The SMILES string of the molecule is CCN(CC)C(=O)c1cccc(NC(=O)COc2ccc(F)cc2Br)c1. The summed E-state index contributed by atoms with van der Waals surface area (Å²) in [4.78, 5) is 26.1. The number of benzene rings is 2. The van der Waals surface area contributed by atoms with Gasteiger partial charge in [-0.25, -0.2) is 4.39 Å². The quantitative estimate of drug-likeness (QED) is 0.730. The molecule has 7 heteroatoms. The lowest BCUT2D eigenvalue weighted by atomic mass is 10.1. The van der Waals surface area contributed by atoms with Crippen LogP contribution in [-0.4, -0.2) is 36.4 Å². The molecule has 2 rings (SSSR count). The number of nitrogens with zero attached hydrogens (tertiary/aromatic N) is 1. The molecule has 0 heterocycles. The van der Waals surface area contributed by atoms with E-state index in [0.29, 0.717) is 34.6 Å². The standard InChI is InChI=1S/C19H20BrFN2O3/c1-3-23(4-2)19(25)13-6-5-7-15(10-13)22-18(24)12-26-17-9-8-14(21)11-16(17)20/h5-11H,3-4,12H2,1-2H3,(H,22,24). The first kappa shape index (κ1) is 19.9. The van der Waals surface area contributed by atoms with Gasteiger partial charge in [0.1, 0.15) is 11.6 Å². The summed E-state index contributed by atoms with van der Waals surface area (Å²) in [6.07, 6.45) is 0. The van der Waals surface area contributed by atoms with Crippen LogP contribution in [0.3, 0.4) is 0 Å². The highest BCUT2D eigenvalue weighted by Gasteiger charge is 2.13. The van der Waals surface area contributed by atoms with Crippen molar-refractivity contribution in [1.82, 2.24) is 4.90 Å². The van der Waals surface area contributed by atoms with Gasteiger partial charge in [-0.15, -0.1) is 0 Å². The molecule has 0 unspecified atom stereocenters. The summed E-state index contributed by atoms with van der Waals surface area (Å²) in [5.41, 5.74) is 1.02. The Bertz CT molecular complexity index is 794. The van der Waals surface area contributed by atoms with E-state index in [1.54, 1.807) is 29.2 Å². The van der Waals surface area contributed by atoms with Gasteiger partial charge in [0, 0.05) is 24.3 Å². The molecule has 0 saturated heterocycles. The largest absolute Gasteiger partial charge is 0.483 e. The van der Waals surface area contributed by atoms with E-state index >= 15 is 0 Å². The van der Waals surface area contributed by atoms with Crippen molar-refractivity contribution < 1.29 is 18.7 Å². The lowest BCUT2D eigenvalue weighted by molar-refractivity contribution is -0.118. The average Bonchev–Trinajstić information content (AvgIpc) is 2.62. The third-order valence-corrected chi connectivity index (χ3v) is 4.32. The Kier molecular flexibility index (Phi) is 7.15. The molecule has 0 bridgehead atoms. The number of rotatable bonds is 7. The summed E-state index contributed by atoms with van der Waals surface area (Å²) in [5, 5.41) is 2.69. The number of ether oxygens (including phenoxy) is 1. The van der Waals surface area contributed by atoms with Crippen molar-refractivity contribution in [2.75, 3.05) is 25.0 Å². The van der Waals surface area contributed by atoms with E-state index in [1.165, 1.54) is 18.2 Å². The first-order valence-electron chi connectivity index (χ1n) is 8.21. The van der Waals surface area contributed by atoms with E-state index in [9.17, 15) is 14.0 Å². The lowest BCUT2D eigenvalue weighted by Crippen LogP contribution is -2.30. The molecule has 0 radical (unpaired) electrons. The van der Waals surface area contributed by atoms with Crippen molar-refractivity contribution in [2.45, 2.75) is 13.8 Å². The second kappa shape index (κ2) is 9.33. The summed E-state index contributed by atoms with van der Waals surface area (Å²) < 4.78 is 18.9. The Morgan fingerprint density at radius 3 is 2.54 bits per heavy atom. The van der Waals surface area contributed by atoms with Crippen molar-refractivity contribution in [3.8, 4) is 5.75 Å². The molecule has 0 aromatic heterocycles. The molecule has 0 fully saturated rings. The minimum Gasteiger partial charge on any atom is -0.483 e. The van der Waals surface area contributed by atoms with Gasteiger partial charge in [-0.2, -0.15) is 0 Å². The predicted molar refractivity (Wildman–Crippen MR) is 102 cm³/mol. The third kappa shape index (κ3) is 5.29. The van der Waals surface area contributed by atoms with Crippen molar-refractivity contribution >= 4 is 33.4 Å². The van der Waals surface area contributed by atoms with E-state index in [1.807, 2.05) is 13.8 Å². The fourth-order valence-corrected chi connectivity index (χ4v) is 2.82. The predicted octanol–water partition coefficient (Wildman–Crippen LogP) is 4.09. The van der Waals surface area contributed by atoms with Crippen molar-refractivity contribution in [1.29, 1.82) is 0 Å². The Hall–Kier alpha value is -2.41. The molecule has 0 atom stereocenters. The molecule has 0 spiro atoms. The van der Waals surface area contributed by atoms with Crippen LogP contribution in [0, 0.1) is 5.82 Å². The van der Waals surface area contributed by atoms with Crippen LogP contribution < -0.4 is 10.1 Å². The second-order valence-electron chi connectivity index (χ2n) is 5.47. The number of hydrogen-bond acceptors (Lipinski definition) is 3. The zero-order valence-corrected chi connectivity index (χ0v) is 16.2. The van der Waals surface area contributed by atoms with Gasteiger partial charge in [0.25, 0.3) is 11.8 Å². The minimum atomic E-state index is -0.400. The minimum absolute atomic E-state index is 0.0856. The van der Waals surface area contributed by atoms with Crippen LogP contribution in [0.2, 0.25) is 0 Å². The number of hydrogen-bond donors (Lipinski definition) is 1. The summed E-state index contributed by atoms with van der Waals surface area (Å²) in [5.74, 6) is -0.498. The number of amides is 2. The molecule has 0 saturated carbocycles. The smallest absolute Gasteiger partial charge is 0.262 e. The Morgan fingerprint density at radius 1 is 1.15 bits per heavy atom. The fourth-order valence-electron chi connectivity index (χ4n) is 2.36. The Morgan fingerprint density at radius 2 is 1.88 bits per heavy atom. The second-order valence-corrected chi connectivity index (χ2v) is 6.32. The van der Waals surface area contributed by atoms with Gasteiger partial charge < -0.3 is 15.0 Å². The van der Waals surface area contributed by atoms with Gasteiger partial charge in [0.05, 0.1) is 4.47 Å². The average molecular weight is 423 g/mol. The molecule has 5 nitrogen and oxygen atoms in total. The highest BCUT2D eigenvalue weighted by Crippen LogP contribution is 2.25. The maximum Gasteiger partial charge on any atom is 0.262 e. The first-order valence-corrected chi connectivity index (χ1v) is 9.01. The van der Waals surface area contributed by atoms with Crippen molar-refractivity contribution in [3.63, 3.8) is 0 Å². The normalized spacial score (nSPS) is 10.3. The zero-order chi connectivity index (χ0) is 19.1. The molecule has 2 aromatic rings. The molecular formula is C19H20BrFN2O3. The van der Waals surface area contributed by atoms with E-state index in [2.05, 4.69) is 21.2 Å². The zero-order valence-electron chi connectivity index (χ0n) is 14.6. The topological polar surface area (TPSA) is 58.6 Å². The number of carbonyl (C=O) groups excluding carboxylic acids is 2. The van der Waals surface area contributed by atoms with Crippen LogP contribution in [0.5, 0.6) is 5.75 Å². The third-order valence-electron chi connectivity index (χ3n) is 3.70. The van der Waals surface area contributed by atoms with Crippen LogP contribution in [0.25, 0.3) is 0 Å². The summed E-state index contributed by atoms with van der Waals surface area (Å²) in [7, 11) is 0. The van der Waals surface area contributed by atoms with Crippen LogP contribution in [0.15, 0.2) is 46.9 Å². The molecule has 0 aliphatic carbocycles. The highest BCUT2D eigenvalue weighted by atomic mass is 79.9. The van der Waals surface area contributed by atoms with Gasteiger partial charge in [-0.05, 0) is 66.2 Å². The van der Waals surface area contributed by atoms with E-state index in [4.69, 9.17) is 4.74 Å². The van der Waals surface area contributed by atoms with Gasteiger partial charge in [-0.1, -0.05) is 6.07 Å². The molecular weight excluding hydrogens is 403 g/mol. The number of halogens is 2. The monoisotopic (exact) mass is 422 g/mol. The van der Waals surface area contributed by atoms with E-state index in [0.717, 1.165) is 0 Å². The summed E-state index contributed by atoms with van der Waals surface area (Å²) >= 11 is 3.18. The number of anilines is 1. The van der Waals surface area contributed by atoms with Crippen LogP contribution in [0.4, 0.5) is 10.1 Å². The number of carbonyl (C=O) groups is 2. The maximum atomic E-state index is 13.0. The molecule has 26 heavy (non-hydrogen) atoms. The lowest BCUT2D eigenvalue weighted by Gasteiger charge is -2.19. The van der Waals surface area contributed by atoms with Crippen LogP contribution in [0.1, 0.15) is 24.2 Å². The van der Waals surface area contributed by atoms with E-state index in [-0.39, 0.29) is 18.4 Å². The summed E-state index contributed by atoms with van der Waals surface area (Å²) in [6.45, 7) is 4.83. The highest BCUT2D eigenvalue weighted by molar-refractivity contribution is 9.10. The van der Waals surface area contributed by atoms with Crippen LogP contribution >= 0.6 is 15.9 Å². The van der Waals surface area contributed by atoms with Gasteiger partial charge in [-0.3, -0.25) is 9.59 Å². The Balaban J connectivity index is 1.98. The van der Waals surface area contributed by atoms with Gasteiger partial charge >= 0.3 is 0 Å². The first-order chi connectivity index (χ1) is 12.4. The maximum absolute atomic E-state index is 13.0. The fraction of sp³-hybridized carbons (Fsp3) is 0.263. The van der Waals surface area contributed by atoms with Gasteiger partial charge in [0.15, 0.2) is 6.61 Å². The molecule has 0 aliphatic rings. The molecule has 2 amide bonds. The molecule has 0 aliphatic heterocycles. The van der Waals surface area contributed by atoms with Gasteiger partial charge in [0.2, 0.25) is 0 Å².